The van der Waals surface area contributed by atoms with E-state index in [-0.39, 0.29) is 6.42 Å². The highest BCUT2D eigenvalue weighted by molar-refractivity contribution is 7.85. The van der Waals surface area contributed by atoms with Crippen LogP contribution in [0.4, 0.5) is 0 Å². The van der Waals surface area contributed by atoms with Crippen molar-refractivity contribution in [2.75, 3.05) is 5.75 Å². The lowest BCUT2D eigenvalue weighted by atomic mass is 10.0. The lowest BCUT2D eigenvalue weighted by Gasteiger charge is -2.24. The molecule has 0 spiro atoms. The van der Waals surface area contributed by atoms with E-state index in [1.807, 2.05) is 0 Å². The molecule has 0 saturated carbocycles. The third-order valence-electron chi connectivity index (χ3n) is 8.83. The first-order valence-electron chi connectivity index (χ1n) is 19.0. The summed E-state index contributed by atoms with van der Waals surface area (Å²) in [5.41, 5.74) is 0. The molecule has 0 saturated heterocycles. The van der Waals surface area contributed by atoms with Gasteiger partial charge in [-0.15, -0.1) is 0 Å². The number of carbonyl (C=O) groups is 1. The van der Waals surface area contributed by atoms with Gasteiger partial charge in [-0.3, -0.25) is 9.35 Å². The summed E-state index contributed by atoms with van der Waals surface area (Å²) in [4.78, 5) is 12.5. The molecule has 0 aliphatic carbocycles. The third-order valence-corrected chi connectivity index (χ3v) is 9.61. The number of carbonyl (C=O) groups excluding carboxylic acids is 1. The zero-order valence-corrected chi connectivity index (χ0v) is 30.2. The lowest BCUT2D eigenvalue weighted by molar-refractivity contribution is -0.131. The second-order valence-electron chi connectivity index (χ2n) is 13.4. The summed E-state index contributed by atoms with van der Waals surface area (Å²) in [7, 11) is -4.40. The van der Waals surface area contributed by atoms with Crippen molar-refractivity contribution in [3.8, 4) is 0 Å². The predicted octanol–water partition coefficient (Wildman–Crippen LogP) is 9.60. The number of rotatable bonds is 34. The quantitative estimate of drug-likeness (QED) is 0.0310. The van der Waals surface area contributed by atoms with Crippen LogP contribution in [0.3, 0.4) is 0 Å². The van der Waals surface area contributed by atoms with Crippen molar-refractivity contribution >= 4 is 16.0 Å². The van der Waals surface area contributed by atoms with E-state index >= 15 is 0 Å². The summed E-state index contributed by atoms with van der Waals surface area (Å²) < 4.78 is 32.4. The zero-order valence-electron chi connectivity index (χ0n) is 29.4. The van der Waals surface area contributed by atoms with Crippen LogP contribution in [-0.4, -0.2) is 53.1 Å². The summed E-state index contributed by atoms with van der Waals surface area (Å²) in [6, 6.07) is -1.15. The van der Waals surface area contributed by atoms with Gasteiger partial charge in [0.25, 0.3) is 10.1 Å². The van der Waals surface area contributed by atoms with Crippen LogP contribution in [0.1, 0.15) is 194 Å². The molecule has 0 aliphatic rings. The molecular formula is C37H73NO6S. The number of amides is 1. The van der Waals surface area contributed by atoms with Gasteiger partial charge in [-0.05, 0) is 38.5 Å². The molecule has 0 aromatic heterocycles. The molecule has 0 rings (SSSR count). The van der Waals surface area contributed by atoms with Gasteiger partial charge in [0.2, 0.25) is 5.91 Å². The maximum absolute atomic E-state index is 12.5. The minimum absolute atomic E-state index is 0.284. The lowest BCUT2D eigenvalue weighted by Crippen LogP contribution is -2.50. The molecule has 0 fully saturated rings. The van der Waals surface area contributed by atoms with E-state index in [0.29, 0.717) is 19.3 Å². The molecule has 45 heavy (non-hydrogen) atoms. The molecule has 3 atom stereocenters. The van der Waals surface area contributed by atoms with Crippen molar-refractivity contribution in [1.29, 1.82) is 0 Å². The number of allylic oxidation sites excluding steroid dienone is 2. The number of unbranched alkanes of at least 4 members (excludes halogenated alkanes) is 23. The minimum Gasteiger partial charge on any atom is -0.391 e. The average molecular weight is 660 g/mol. The van der Waals surface area contributed by atoms with Crippen LogP contribution in [-0.2, 0) is 14.9 Å². The Balaban J connectivity index is 4.01. The van der Waals surface area contributed by atoms with Gasteiger partial charge in [0, 0.05) is 0 Å². The molecule has 0 bridgehead atoms. The van der Waals surface area contributed by atoms with Gasteiger partial charge in [-0.2, -0.15) is 8.42 Å². The van der Waals surface area contributed by atoms with Crippen LogP contribution in [0, 0.1) is 0 Å². The van der Waals surface area contributed by atoms with Crippen molar-refractivity contribution in [2.24, 2.45) is 0 Å². The number of nitrogens with one attached hydrogen (secondary N) is 1. The Morgan fingerprint density at radius 1 is 0.578 bits per heavy atom. The largest absolute Gasteiger partial charge is 0.391 e. The summed E-state index contributed by atoms with van der Waals surface area (Å²) in [5, 5.41) is 23.4. The fraction of sp³-hybridized carbons (Fsp3) is 0.919. The van der Waals surface area contributed by atoms with Crippen LogP contribution in [0.5, 0.6) is 0 Å². The Morgan fingerprint density at radius 3 is 1.38 bits per heavy atom. The number of hydrogen-bond acceptors (Lipinski definition) is 5. The van der Waals surface area contributed by atoms with Crippen molar-refractivity contribution < 1.29 is 28.0 Å². The third kappa shape index (κ3) is 31.4. The van der Waals surface area contributed by atoms with Crippen molar-refractivity contribution in [3.63, 3.8) is 0 Å². The highest BCUT2D eigenvalue weighted by Crippen LogP contribution is 2.16. The summed E-state index contributed by atoms with van der Waals surface area (Å²) in [5.74, 6) is -1.46. The second-order valence-corrected chi connectivity index (χ2v) is 14.8. The first-order valence-corrected chi connectivity index (χ1v) is 20.6. The molecule has 4 N–H and O–H groups in total. The summed E-state index contributed by atoms with van der Waals surface area (Å²) in [6.07, 6.45) is 33.7. The molecule has 0 heterocycles. The van der Waals surface area contributed by atoms with E-state index < -0.39 is 40.0 Å². The Hall–Kier alpha value is -0.960. The van der Waals surface area contributed by atoms with Gasteiger partial charge in [0.05, 0.1) is 17.9 Å². The van der Waals surface area contributed by atoms with Crippen LogP contribution < -0.4 is 5.32 Å². The molecule has 3 unspecified atom stereocenters. The van der Waals surface area contributed by atoms with E-state index in [1.54, 1.807) is 0 Å². The zero-order chi connectivity index (χ0) is 33.4. The number of aliphatic hydroxyl groups is 2. The molecular weight excluding hydrogens is 586 g/mol. The number of hydrogen-bond donors (Lipinski definition) is 4. The standard InChI is InChI=1S/C37H73NO6S/c1-3-5-7-9-11-13-15-16-17-18-19-20-22-23-25-27-29-31-35(39)34(33-45(42,43)44)38-37(41)36(40)32-30-28-26-24-21-14-12-10-8-6-4-2/h12,14,34-36,39-40H,3-11,13,15-33H2,1-2H3,(H,38,41)(H,42,43,44)/b14-12-. The van der Waals surface area contributed by atoms with Crippen molar-refractivity contribution in [3.05, 3.63) is 12.2 Å². The Morgan fingerprint density at radius 2 is 0.933 bits per heavy atom. The Labute approximate surface area is 278 Å². The fourth-order valence-electron chi connectivity index (χ4n) is 5.87. The monoisotopic (exact) mass is 660 g/mol. The van der Waals surface area contributed by atoms with Crippen LogP contribution in [0.25, 0.3) is 0 Å². The molecule has 0 radical (unpaired) electrons. The Kier molecular flexibility index (Phi) is 31.0. The molecule has 1 amide bonds. The highest BCUT2D eigenvalue weighted by atomic mass is 32.2. The molecule has 0 aromatic rings. The summed E-state index contributed by atoms with van der Waals surface area (Å²) >= 11 is 0. The first-order chi connectivity index (χ1) is 21.7. The maximum Gasteiger partial charge on any atom is 0.266 e. The van der Waals surface area contributed by atoms with E-state index in [1.165, 1.54) is 103 Å². The molecule has 7 nitrogen and oxygen atoms in total. The molecule has 0 aliphatic heterocycles. The topological polar surface area (TPSA) is 124 Å². The van der Waals surface area contributed by atoms with E-state index in [0.717, 1.165) is 51.4 Å². The van der Waals surface area contributed by atoms with Crippen molar-refractivity contribution in [1.82, 2.24) is 5.32 Å². The normalized spacial score (nSPS) is 14.2. The van der Waals surface area contributed by atoms with Crippen LogP contribution in [0.15, 0.2) is 12.2 Å². The average Bonchev–Trinajstić information content (AvgIpc) is 3.00. The van der Waals surface area contributed by atoms with E-state index in [2.05, 4.69) is 31.3 Å². The van der Waals surface area contributed by atoms with E-state index in [4.69, 9.17) is 0 Å². The molecule has 268 valence electrons. The van der Waals surface area contributed by atoms with Gasteiger partial charge in [0.1, 0.15) is 6.10 Å². The second kappa shape index (κ2) is 31.6. The highest BCUT2D eigenvalue weighted by Gasteiger charge is 2.28. The minimum atomic E-state index is -4.40. The van der Waals surface area contributed by atoms with Gasteiger partial charge < -0.3 is 15.5 Å². The molecule has 0 aromatic carbocycles. The van der Waals surface area contributed by atoms with Gasteiger partial charge in [-0.1, -0.05) is 167 Å². The smallest absolute Gasteiger partial charge is 0.266 e. The number of aliphatic hydroxyl groups excluding tert-OH is 2. The van der Waals surface area contributed by atoms with E-state index in [9.17, 15) is 28.0 Å². The van der Waals surface area contributed by atoms with Crippen LogP contribution >= 0.6 is 0 Å². The Bertz CT molecular complexity index is 788. The van der Waals surface area contributed by atoms with Gasteiger partial charge >= 0.3 is 0 Å². The van der Waals surface area contributed by atoms with Crippen molar-refractivity contribution in [2.45, 2.75) is 212 Å². The van der Waals surface area contributed by atoms with Crippen LogP contribution in [0.2, 0.25) is 0 Å². The van der Waals surface area contributed by atoms with Gasteiger partial charge in [-0.25, -0.2) is 0 Å². The molecule has 8 heteroatoms. The first kappa shape index (κ1) is 44.0. The fourth-order valence-corrected chi connectivity index (χ4v) is 6.63. The SMILES string of the molecule is CCCCC/C=C\CCCCCCC(O)C(=O)NC(CS(=O)(=O)O)C(O)CCCCCCCCCCCCCCCCCCC. The predicted molar refractivity (Wildman–Crippen MR) is 190 cm³/mol. The maximum atomic E-state index is 12.5. The van der Waals surface area contributed by atoms with Gasteiger partial charge in [0.15, 0.2) is 0 Å². The summed E-state index contributed by atoms with van der Waals surface area (Å²) in [6.45, 7) is 4.46.